The van der Waals surface area contributed by atoms with Crippen molar-refractivity contribution in [1.29, 1.82) is 0 Å². The largest absolute Gasteiger partial charge is 0.490 e. The van der Waals surface area contributed by atoms with Crippen molar-refractivity contribution in [1.82, 2.24) is 10.6 Å². The first-order valence-corrected chi connectivity index (χ1v) is 8.74. The number of nitrogens with one attached hydrogen (secondary N) is 2. The van der Waals surface area contributed by atoms with Gasteiger partial charge in [-0.05, 0) is 39.0 Å². The van der Waals surface area contributed by atoms with Gasteiger partial charge in [-0.15, -0.1) is 12.6 Å². The molecule has 2 amide bonds. The van der Waals surface area contributed by atoms with Crippen molar-refractivity contribution in [2.45, 2.75) is 26.2 Å². The summed E-state index contributed by atoms with van der Waals surface area (Å²) in [6.45, 7) is 6.28. The molecule has 142 valence electrons. The smallest absolute Gasteiger partial charge is 0.251 e. The van der Waals surface area contributed by atoms with Crippen molar-refractivity contribution in [2.24, 2.45) is 5.41 Å². The third-order valence-corrected chi connectivity index (χ3v) is 3.26. The third kappa shape index (κ3) is 9.35. The highest BCUT2D eigenvalue weighted by Crippen LogP contribution is 2.14. The molecule has 0 saturated heterocycles. The molecule has 0 radical (unpaired) electrons. The predicted molar refractivity (Wildman–Crippen MR) is 104 cm³/mol. The average Bonchev–Trinajstić information content (AvgIpc) is 2.60. The monoisotopic (exact) mass is 378 g/mol. The minimum atomic E-state index is -0.579. The van der Waals surface area contributed by atoms with Gasteiger partial charge in [-0.25, -0.2) is 0 Å². The number of hydrogen-bond acceptors (Lipinski definition) is 5. The van der Waals surface area contributed by atoms with Gasteiger partial charge in [-0.3, -0.25) is 9.59 Å². The van der Waals surface area contributed by atoms with Crippen molar-refractivity contribution < 1.29 is 19.1 Å². The van der Waals surface area contributed by atoms with Crippen LogP contribution in [0, 0.1) is 17.3 Å². The maximum atomic E-state index is 11.7. The Kier molecular flexibility index (Phi) is 9.03. The molecule has 1 aromatic carbocycles. The highest BCUT2D eigenvalue weighted by molar-refractivity contribution is 7.80. The molecule has 2 N–H and O–H groups in total. The van der Waals surface area contributed by atoms with Crippen molar-refractivity contribution in [3.63, 3.8) is 0 Å². The quantitative estimate of drug-likeness (QED) is 0.367. The Bertz CT molecular complexity index is 674. The number of benzene rings is 1. The first-order valence-electron chi connectivity index (χ1n) is 8.22. The maximum Gasteiger partial charge on any atom is 0.251 e. The molecule has 0 saturated carbocycles. The van der Waals surface area contributed by atoms with Gasteiger partial charge in [0.05, 0.1) is 6.54 Å². The number of hydrogen-bond donors (Lipinski definition) is 3. The molecule has 6 nitrogen and oxygen atoms in total. The van der Waals surface area contributed by atoms with Crippen LogP contribution < -0.4 is 15.4 Å². The van der Waals surface area contributed by atoms with Crippen molar-refractivity contribution in [2.75, 3.05) is 26.8 Å². The fraction of sp³-hybridized carbons (Fsp3) is 0.474. The van der Waals surface area contributed by atoms with Gasteiger partial charge in [-0.1, -0.05) is 17.9 Å². The Morgan fingerprint density at radius 1 is 1.31 bits per heavy atom. The van der Waals surface area contributed by atoms with Crippen LogP contribution in [0.3, 0.4) is 0 Å². The van der Waals surface area contributed by atoms with Gasteiger partial charge in [-0.2, -0.15) is 0 Å². The van der Waals surface area contributed by atoms with E-state index in [1.165, 1.54) is 0 Å². The second-order valence-corrected chi connectivity index (χ2v) is 7.09. The van der Waals surface area contributed by atoms with E-state index >= 15 is 0 Å². The van der Waals surface area contributed by atoms with E-state index in [4.69, 9.17) is 9.47 Å². The van der Waals surface area contributed by atoms with Crippen LogP contribution in [0.4, 0.5) is 0 Å². The molecule has 1 atom stereocenters. The van der Waals surface area contributed by atoms with E-state index in [-0.39, 0.29) is 37.0 Å². The topological polar surface area (TPSA) is 76.7 Å². The molecule has 1 unspecified atom stereocenters. The van der Waals surface area contributed by atoms with Gasteiger partial charge in [0.15, 0.2) is 0 Å². The highest BCUT2D eigenvalue weighted by atomic mass is 32.1. The molecule has 0 aliphatic carbocycles. The Hall–Kier alpha value is -2.17. The Labute approximate surface area is 160 Å². The van der Waals surface area contributed by atoms with Crippen LogP contribution in [0.25, 0.3) is 0 Å². The maximum absolute atomic E-state index is 11.7. The summed E-state index contributed by atoms with van der Waals surface area (Å²) in [5.74, 6) is 5.98. The van der Waals surface area contributed by atoms with Crippen molar-refractivity contribution in [3.8, 4) is 17.6 Å². The van der Waals surface area contributed by atoms with Crippen LogP contribution in [0.2, 0.25) is 0 Å². The van der Waals surface area contributed by atoms with Gasteiger partial charge in [0.25, 0.3) is 5.91 Å². The molecule has 0 bridgehead atoms. The van der Waals surface area contributed by atoms with E-state index in [1.807, 2.05) is 20.8 Å². The predicted octanol–water partition coefficient (Wildman–Crippen LogP) is 1.86. The van der Waals surface area contributed by atoms with Gasteiger partial charge in [0.1, 0.15) is 24.4 Å². The first kappa shape index (κ1) is 21.9. The molecule has 7 heteroatoms. The standard InChI is InChI=1S/C19H26N2O4S/c1-19(2,3)9-6-10-21-16(22)12-25-17(26)13-24-15-8-5-7-14(11-15)18(23)20-4/h5,7-8,11,17,26H,10,12-13H2,1-4H3,(H,20,23)(H,21,22). The Morgan fingerprint density at radius 2 is 2.04 bits per heavy atom. The molecule has 26 heavy (non-hydrogen) atoms. The van der Waals surface area contributed by atoms with Crippen molar-refractivity contribution in [3.05, 3.63) is 29.8 Å². The zero-order valence-corrected chi connectivity index (χ0v) is 16.5. The summed E-state index contributed by atoms with van der Waals surface area (Å²) in [7, 11) is 1.56. The third-order valence-electron chi connectivity index (χ3n) is 2.96. The fourth-order valence-corrected chi connectivity index (χ4v) is 1.91. The van der Waals surface area contributed by atoms with Gasteiger partial charge in [0, 0.05) is 18.0 Å². The molecule has 0 fully saturated rings. The van der Waals surface area contributed by atoms with E-state index in [2.05, 4.69) is 35.1 Å². The zero-order chi connectivity index (χ0) is 19.6. The van der Waals surface area contributed by atoms with E-state index in [9.17, 15) is 9.59 Å². The molecule has 1 aromatic rings. The molecular formula is C19H26N2O4S. The lowest BCUT2D eigenvalue weighted by molar-refractivity contribution is -0.126. The van der Waals surface area contributed by atoms with E-state index in [0.29, 0.717) is 11.3 Å². The molecule has 0 aromatic heterocycles. The van der Waals surface area contributed by atoms with E-state index in [1.54, 1.807) is 31.3 Å². The summed E-state index contributed by atoms with van der Waals surface area (Å²) in [5, 5.41) is 5.20. The highest BCUT2D eigenvalue weighted by Gasteiger charge is 2.09. The van der Waals surface area contributed by atoms with Crippen LogP contribution in [0.15, 0.2) is 24.3 Å². The Balaban J connectivity index is 2.32. The van der Waals surface area contributed by atoms with Crippen molar-refractivity contribution >= 4 is 24.4 Å². The fourth-order valence-electron chi connectivity index (χ4n) is 1.76. The second kappa shape index (κ2) is 10.7. The number of thiol groups is 1. The molecule has 0 aliphatic rings. The molecule has 0 spiro atoms. The SMILES string of the molecule is CNC(=O)c1cccc(OCC(S)OCC(=O)NCC#CC(C)(C)C)c1. The summed E-state index contributed by atoms with van der Waals surface area (Å²) in [5.41, 5.74) is -0.174. The lowest BCUT2D eigenvalue weighted by atomic mass is 9.98. The summed E-state index contributed by atoms with van der Waals surface area (Å²) < 4.78 is 10.9. The van der Waals surface area contributed by atoms with E-state index in [0.717, 1.165) is 0 Å². The minimum Gasteiger partial charge on any atom is -0.490 e. The summed E-state index contributed by atoms with van der Waals surface area (Å²) in [4.78, 5) is 23.3. The first-order chi connectivity index (χ1) is 12.2. The van der Waals surface area contributed by atoms with Gasteiger partial charge in [0.2, 0.25) is 5.91 Å². The van der Waals surface area contributed by atoms with Crippen LogP contribution in [0.5, 0.6) is 5.75 Å². The van der Waals surface area contributed by atoms with E-state index < -0.39 is 5.44 Å². The number of ether oxygens (including phenoxy) is 2. The number of carbonyl (C=O) groups is 2. The normalized spacial score (nSPS) is 11.7. The Morgan fingerprint density at radius 3 is 2.69 bits per heavy atom. The average molecular weight is 378 g/mol. The lowest BCUT2D eigenvalue weighted by Gasteiger charge is -2.14. The number of amides is 2. The zero-order valence-electron chi connectivity index (χ0n) is 15.6. The molecular weight excluding hydrogens is 352 g/mol. The summed E-state index contributed by atoms with van der Waals surface area (Å²) >= 11 is 4.23. The van der Waals surface area contributed by atoms with Gasteiger partial charge >= 0.3 is 0 Å². The lowest BCUT2D eigenvalue weighted by Crippen LogP contribution is -2.30. The second-order valence-electron chi connectivity index (χ2n) is 6.51. The molecule has 0 aliphatic heterocycles. The van der Waals surface area contributed by atoms with Crippen LogP contribution in [-0.4, -0.2) is 44.1 Å². The number of rotatable bonds is 8. The van der Waals surface area contributed by atoms with Gasteiger partial charge < -0.3 is 20.1 Å². The van der Waals surface area contributed by atoms with Crippen LogP contribution >= 0.6 is 12.6 Å². The van der Waals surface area contributed by atoms with Crippen LogP contribution in [-0.2, 0) is 9.53 Å². The molecule has 0 heterocycles. The van der Waals surface area contributed by atoms with Crippen LogP contribution in [0.1, 0.15) is 31.1 Å². The summed E-state index contributed by atoms with van der Waals surface area (Å²) in [6, 6.07) is 6.76. The number of carbonyl (C=O) groups excluding carboxylic acids is 2. The minimum absolute atomic E-state index is 0.0934. The summed E-state index contributed by atoms with van der Waals surface area (Å²) in [6.07, 6.45) is 0. The molecule has 1 rings (SSSR count).